The highest BCUT2D eigenvalue weighted by atomic mass is 32.1. The average molecular weight is 254 g/mol. The minimum absolute atomic E-state index is 0.575. The Balaban J connectivity index is 2.12. The van der Waals surface area contributed by atoms with Crippen LogP contribution in [0, 0.1) is 6.92 Å². The molecule has 3 aromatic rings. The zero-order chi connectivity index (χ0) is 12.5. The molecule has 0 amide bonds. The predicted octanol–water partition coefficient (Wildman–Crippen LogP) is 3.73. The molecule has 0 saturated carbocycles. The number of fused-ring (bicyclic) bond motifs is 1. The SMILES string of the molecule is Cc1nc2cc(-c3cccc(CN)c3)ccc2s1. The summed E-state index contributed by atoms with van der Waals surface area (Å²) in [6, 6.07) is 14.8. The van der Waals surface area contributed by atoms with Crippen LogP contribution in [0.4, 0.5) is 0 Å². The van der Waals surface area contributed by atoms with E-state index < -0.39 is 0 Å². The fraction of sp³-hybridized carbons (Fsp3) is 0.133. The molecule has 0 aliphatic rings. The van der Waals surface area contributed by atoms with Crippen molar-refractivity contribution in [1.29, 1.82) is 0 Å². The third-order valence-electron chi connectivity index (χ3n) is 2.99. The first-order valence-corrected chi connectivity index (χ1v) is 6.74. The summed E-state index contributed by atoms with van der Waals surface area (Å²) in [5, 5.41) is 1.11. The van der Waals surface area contributed by atoms with E-state index in [4.69, 9.17) is 5.73 Å². The number of hydrogen-bond acceptors (Lipinski definition) is 3. The minimum Gasteiger partial charge on any atom is -0.326 e. The van der Waals surface area contributed by atoms with Crippen molar-refractivity contribution in [2.45, 2.75) is 13.5 Å². The Morgan fingerprint density at radius 2 is 1.94 bits per heavy atom. The van der Waals surface area contributed by atoms with Gasteiger partial charge in [-0.1, -0.05) is 24.3 Å². The van der Waals surface area contributed by atoms with Crippen LogP contribution >= 0.6 is 11.3 Å². The van der Waals surface area contributed by atoms with Gasteiger partial charge in [-0.2, -0.15) is 0 Å². The molecule has 2 nitrogen and oxygen atoms in total. The summed E-state index contributed by atoms with van der Waals surface area (Å²) in [5.74, 6) is 0. The van der Waals surface area contributed by atoms with Crippen LogP contribution in [-0.2, 0) is 6.54 Å². The Kier molecular flexibility index (Phi) is 2.86. The molecule has 0 spiro atoms. The van der Waals surface area contributed by atoms with Gasteiger partial charge in [-0.25, -0.2) is 4.98 Å². The molecule has 18 heavy (non-hydrogen) atoms. The number of aromatic nitrogens is 1. The van der Waals surface area contributed by atoms with Gasteiger partial charge in [0.25, 0.3) is 0 Å². The summed E-state index contributed by atoms with van der Waals surface area (Å²) >= 11 is 1.73. The van der Waals surface area contributed by atoms with Crippen molar-refractivity contribution < 1.29 is 0 Å². The lowest BCUT2D eigenvalue weighted by atomic mass is 10.0. The molecule has 90 valence electrons. The van der Waals surface area contributed by atoms with E-state index in [1.807, 2.05) is 13.0 Å². The maximum atomic E-state index is 5.68. The molecule has 2 aromatic carbocycles. The molecular formula is C15H14N2S. The molecule has 1 heterocycles. The van der Waals surface area contributed by atoms with E-state index in [-0.39, 0.29) is 0 Å². The summed E-state index contributed by atoms with van der Waals surface area (Å²) in [6.07, 6.45) is 0. The largest absolute Gasteiger partial charge is 0.326 e. The molecule has 0 radical (unpaired) electrons. The quantitative estimate of drug-likeness (QED) is 0.756. The molecule has 0 saturated heterocycles. The van der Waals surface area contributed by atoms with Crippen molar-refractivity contribution in [3.05, 3.63) is 53.0 Å². The second-order valence-electron chi connectivity index (χ2n) is 4.32. The molecule has 2 N–H and O–H groups in total. The van der Waals surface area contributed by atoms with Crippen LogP contribution in [-0.4, -0.2) is 4.98 Å². The van der Waals surface area contributed by atoms with Gasteiger partial charge in [0.05, 0.1) is 15.2 Å². The van der Waals surface area contributed by atoms with Crippen LogP contribution in [0.1, 0.15) is 10.6 Å². The highest BCUT2D eigenvalue weighted by Crippen LogP contribution is 2.27. The van der Waals surface area contributed by atoms with Gasteiger partial charge >= 0.3 is 0 Å². The highest BCUT2D eigenvalue weighted by molar-refractivity contribution is 7.18. The van der Waals surface area contributed by atoms with Crippen LogP contribution in [0.5, 0.6) is 0 Å². The zero-order valence-corrected chi connectivity index (χ0v) is 11.0. The lowest BCUT2D eigenvalue weighted by Gasteiger charge is -2.04. The fourth-order valence-electron chi connectivity index (χ4n) is 2.10. The van der Waals surface area contributed by atoms with Gasteiger partial charge in [-0.3, -0.25) is 0 Å². The van der Waals surface area contributed by atoms with E-state index >= 15 is 0 Å². The van der Waals surface area contributed by atoms with Crippen LogP contribution < -0.4 is 5.73 Å². The number of benzene rings is 2. The number of rotatable bonds is 2. The topological polar surface area (TPSA) is 38.9 Å². The monoisotopic (exact) mass is 254 g/mol. The van der Waals surface area contributed by atoms with E-state index in [1.54, 1.807) is 11.3 Å². The van der Waals surface area contributed by atoms with Gasteiger partial charge in [-0.05, 0) is 41.8 Å². The highest BCUT2D eigenvalue weighted by Gasteiger charge is 2.04. The number of nitrogens with zero attached hydrogens (tertiary/aromatic N) is 1. The maximum absolute atomic E-state index is 5.68. The van der Waals surface area contributed by atoms with E-state index in [9.17, 15) is 0 Å². The third kappa shape index (κ3) is 2.03. The first kappa shape index (κ1) is 11.4. The van der Waals surface area contributed by atoms with Crippen molar-refractivity contribution in [2.75, 3.05) is 0 Å². The molecule has 0 atom stereocenters. The van der Waals surface area contributed by atoms with Crippen molar-refractivity contribution >= 4 is 21.6 Å². The molecule has 3 rings (SSSR count). The van der Waals surface area contributed by atoms with E-state index in [1.165, 1.54) is 15.8 Å². The second kappa shape index (κ2) is 4.52. The van der Waals surface area contributed by atoms with Gasteiger partial charge in [0.1, 0.15) is 0 Å². The Hall–Kier alpha value is -1.71. The third-order valence-corrected chi connectivity index (χ3v) is 3.94. The smallest absolute Gasteiger partial charge is 0.0907 e. The average Bonchev–Trinajstić information content (AvgIpc) is 2.77. The number of hydrogen-bond donors (Lipinski definition) is 1. The minimum atomic E-state index is 0.575. The number of aryl methyl sites for hydroxylation is 1. The first-order valence-electron chi connectivity index (χ1n) is 5.93. The lowest BCUT2D eigenvalue weighted by Crippen LogP contribution is -1.95. The van der Waals surface area contributed by atoms with E-state index in [2.05, 4.69) is 41.4 Å². The Morgan fingerprint density at radius 3 is 2.78 bits per heavy atom. The fourth-order valence-corrected chi connectivity index (χ4v) is 2.91. The molecule has 0 unspecified atom stereocenters. The van der Waals surface area contributed by atoms with Crippen molar-refractivity contribution in [3.8, 4) is 11.1 Å². The van der Waals surface area contributed by atoms with Crippen LogP contribution in [0.3, 0.4) is 0 Å². The Labute approximate surface area is 110 Å². The van der Waals surface area contributed by atoms with Crippen LogP contribution in [0.15, 0.2) is 42.5 Å². The molecular weight excluding hydrogens is 240 g/mol. The summed E-state index contributed by atoms with van der Waals surface area (Å²) in [6.45, 7) is 2.62. The van der Waals surface area contributed by atoms with Gasteiger partial charge < -0.3 is 5.73 Å². The molecule has 0 aliphatic carbocycles. The molecule has 3 heteroatoms. The summed E-state index contributed by atoms with van der Waals surface area (Å²) in [4.78, 5) is 4.54. The van der Waals surface area contributed by atoms with Crippen LogP contribution in [0.25, 0.3) is 21.3 Å². The van der Waals surface area contributed by atoms with Crippen molar-refractivity contribution in [1.82, 2.24) is 4.98 Å². The lowest BCUT2D eigenvalue weighted by molar-refractivity contribution is 1.07. The van der Waals surface area contributed by atoms with Gasteiger partial charge in [0.15, 0.2) is 0 Å². The van der Waals surface area contributed by atoms with Gasteiger partial charge in [0, 0.05) is 6.54 Å². The maximum Gasteiger partial charge on any atom is 0.0907 e. The summed E-state index contributed by atoms with van der Waals surface area (Å²) in [7, 11) is 0. The van der Waals surface area contributed by atoms with Gasteiger partial charge in [-0.15, -0.1) is 11.3 Å². The zero-order valence-electron chi connectivity index (χ0n) is 10.2. The summed E-state index contributed by atoms with van der Waals surface area (Å²) in [5.41, 5.74) is 10.3. The Bertz CT molecular complexity index is 701. The molecule has 0 fully saturated rings. The standard InChI is InChI=1S/C15H14N2S/c1-10-17-14-8-13(5-6-15(14)18-10)12-4-2-3-11(7-12)9-16/h2-8H,9,16H2,1H3. The first-order chi connectivity index (χ1) is 8.76. The molecule has 0 aliphatic heterocycles. The van der Waals surface area contributed by atoms with E-state index in [0.29, 0.717) is 6.54 Å². The Morgan fingerprint density at radius 1 is 1.11 bits per heavy atom. The number of nitrogens with two attached hydrogens (primary N) is 1. The normalized spacial score (nSPS) is 11.0. The molecule has 0 bridgehead atoms. The molecule has 1 aromatic heterocycles. The van der Waals surface area contributed by atoms with Crippen molar-refractivity contribution in [3.63, 3.8) is 0 Å². The van der Waals surface area contributed by atoms with Gasteiger partial charge in [0.2, 0.25) is 0 Å². The van der Waals surface area contributed by atoms with E-state index in [0.717, 1.165) is 16.1 Å². The van der Waals surface area contributed by atoms with Crippen LogP contribution in [0.2, 0.25) is 0 Å². The summed E-state index contributed by atoms with van der Waals surface area (Å²) < 4.78 is 1.24. The second-order valence-corrected chi connectivity index (χ2v) is 5.55. The predicted molar refractivity (Wildman–Crippen MR) is 77.7 cm³/mol. The van der Waals surface area contributed by atoms with Crippen molar-refractivity contribution in [2.24, 2.45) is 5.73 Å². The number of thiazole rings is 1.